The van der Waals surface area contributed by atoms with Crippen LogP contribution in [0.4, 0.5) is 0 Å². The van der Waals surface area contributed by atoms with E-state index in [1.165, 1.54) is 5.56 Å². The topological polar surface area (TPSA) is 43.4 Å². The number of ether oxygens (including phenoxy) is 2. The van der Waals surface area contributed by atoms with Crippen molar-refractivity contribution < 1.29 is 9.47 Å². The molecule has 21 heavy (non-hydrogen) atoms. The van der Waals surface area contributed by atoms with E-state index in [9.17, 15) is 0 Å². The van der Waals surface area contributed by atoms with Crippen LogP contribution in [0, 0.1) is 0 Å². The van der Waals surface area contributed by atoms with Crippen molar-refractivity contribution in [1.82, 2.24) is 10.3 Å². The standard InChI is InChI=1S/C16H17BrN2O2/c1-20-16-5-2-11(10-19-16)9-18-14-6-7-21-15-4-3-12(17)8-13(14)15/h2-5,8,10,14,18H,6-7,9H2,1H3. The summed E-state index contributed by atoms with van der Waals surface area (Å²) in [6.07, 6.45) is 2.81. The quantitative estimate of drug-likeness (QED) is 0.918. The number of fused-ring (bicyclic) bond motifs is 1. The molecule has 0 bridgehead atoms. The monoisotopic (exact) mass is 348 g/mol. The zero-order valence-electron chi connectivity index (χ0n) is 11.8. The summed E-state index contributed by atoms with van der Waals surface area (Å²) in [6, 6.07) is 10.4. The van der Waals surface area contributed by atoms with Crippen molar-refractivity contribution in [3.8, 4) is 11.6 Å². The van der Waals surface area contributed by atoms with E-state index in [4.69, 9.17) is 9.47 Å². The van der Waals surface area contributed by atoms with Gasteiger partial charge in [-0.15, -0.1) is 0 Å². The average molecular weight is 349 g/mol. The highest BCUT2D eigenvalue weighted by molar-refractivity contribution is 9.10. The normalized spacial score (nSPS) is 17.0. The van der Waals surface area contributed by atoms with Gasteiger partial charge in [-0.1, -0.05) is 22.0 Å². The highest BCUT2D eigenvalue weighted by atomic mass is 79.9. The molecule has 1 N–H and O–H groups in total. The van der Waals surface area contributed by atoms with Gasteiger partial charge in [0.2, 0.25) is 5.88 Å². The predicted octanol–water partition coefficient (Wildman–Crippen LogP) is 3.47. The lowest BCUT2D eigenvalue weighted by molar-refractivity contribution is 0.252. The maximum Gasteiger partial charge on any atom is 0.212 e. The summed E-state index contributed by atoms with van der Waals surface area (Å²) in [5.74, 6) is 1.61. The SMILES string of the molecule is COc1ccc(CNC2CCOc3ccc(Br)cc32)cn1. The summed E-state index contributed by atoms with van der Waals surface area (Å²) in [7, 11) is 1.62. The molecule has 1 unspecified atom stereocenters. The van der Waals surface area contributed by atoms with Crippen molar-refractivity contribution in [1.29, 1.82) is 0 Å². The van der Waals surface area contributed by atoms with Gasteiger partial charge in [-0.2, -0.15) is 0 Å². The summed E-state index contributed by atoms with van der Waals surface area (Å²) in [5, 5.41) is 3.58. The summed E-state index contributed by atoms with van der Waals surface area (Å²) in [4.78, 5) is 4.22. The van der Waals surface area contributed by atoms with Crippen LogP contribution >= 0.6 is 15.9 Å². The van der Waals surface area contributed by atoms with Crippen LogP contribution in [0.5, 0.6) is 11.6 Å². The average Bonchev–Trinajstić information content (AvgIpc) is 2.53. The highest BCUT2D eigenvalue weighted by Gasteiger charge is 2.21. The first-order valence-electron chi connectivity index (χ1n) is 6.91. The molecule has 2 aromatic rings. The van der Waals surface area contributed by atoms with Crippen molar-refractivity contribution in [2.75, 3.05) is 13.7 Å². The van der Waals surface area contributed by atoms with E-state index in [-0.39, 0.29) is 0 Å². The minimum atomic E-state index is 0.299. The molecule has 2 heterocycles. The van der Waals surface area contributed by atoms with Gasteiger partial charge in [-0.05, 0) is 23.8 Å². The fourth-order valence-corrected chi connectivity index (χ4v) is 2.83. The van der Waals surface area contributed by atoms with E-state index in [0.717, 1.165) is 35.4 Å². The molecule has 1 aliphatic heterocycles. The second-order valence-corrected chi connectivity index (χ2v) is 5.88. The van der Waals surface area contributed by atoms with E-state index in [1.807, 2.05) is 30.5 Å². The molecule has 4 nitrogen and oxygen atoms in total. The van der Waals surface area contributed by atoms with E-state index in [0.29, 0.717) is 11.9 Å². The third-order valence-corrected chi connectivity index (χ3v) is 4.06. The van der Waals surface area contributed by atoms with Crippen molar-refractivity contribution in [2.24, 2.45) is 0 Å². The largest absolute Gasteiger partial charge is 0.493 e. The summed E-state index contributed by atoms with van der Waals surface area (Å²) in [5.41, 5.74) is 2.34. The number of pyridine rings is 1. The number of halogens is 1. The summed E-state index contributed by atoms with van der Waals surface area (Å²) >= 11 is 3.52. The van der Waals surface area contributed by atoms with Gasteiger partial charge >= 0.3 is 0 Å². The molecule has 110 valence electrons. The maximum absolute atomic E-state index is 5.70. The summed E-state index contributed by atoms with van der Waals surface area (Å²) in [6.45, 7) is 1.51. The van der Waals surface area contributed by atoms with Crippen LogP contribution in [0.3, 0.4) is 0 Å². The van der Waals surface area contributed by atoms with Gasteiger partial charge in [-0.25, -0.2) is 4.98 Å². The maximum atomic E-state index is 5.70. The predicted molar refractivity (Wildman–Crippen MR) is 84.6 cm³/mol. The molecule has 0 amide bonds. The Morgan fingerprint density at radius 3 is 3.05 bits per heavy atom. The molecule has 0 radical (unpaired) electrons. The Bertz CT molecular complexity index is 616. The second-order valence-electron chi connectivity index (χ2n) is 4.96. The Kier molecular flexibility index (Phi) is 4.41. The van der Waals surface area contributed by atoms with Gasteiger partial charge in [0.25, 0.3) is 0 Å². The Morgan fingerprint density at radius 2 is 2.29 bits per heavy atom. The zero-order chi connectivity index (χ0) is 14.7. The molecule has 1 aromatic carbocycles. The van der Waals surface area contributed by atoms with Crippen LogP contribution in [0.2, 0.25) is 0 Å². The second kappa shape index (κ2) is 6.45. The molecule has 3 rings (SSSR count). The number of methoxy groups -OCH3 is 1. The molecular formula is C16H17BrN2O2. The number of aromatic nitrogens is 1. The molecule has 0 aliphatic carbocycles. The molecule has 5 heteroatoms. The molecule has 1 atom stereocenters. The molecule has 0 fully saturated rings. The Hall–Kier alpha value is -1.59. The fraction of sp³-hybridized carbons (Fsp3) is 0.312. The van der Waals surface area contributed by atoms with Gasteiger partial charge in [0, 0.05) is 41.3 Å². The smallest absolute Gasteiger partial charge is 0.212 e. The third-order valence-electron chi connectivity index (χ3n) is 3.57. The lowest BCUT2D eigenvalue weighted by atomic mass is 10.0. The lowest BCUT2D eigenvalue weighted by Gasteiger charge is -2.27. The van der Waals surface area contributed by atoms with Crippen molar-refractivity contribution in [3.05, 3.63) is 52.1 Å². The van der Waals surface area contributed by atoms with Crippen LogP contribution in [0.25, 0.3) is 0 Å². The van der Waals surface area contributed by atoms with Crippen molar-refractivity contribution in [2.45, 2.75) is 19.0 Å². The van der Waals surface area contributed by atoms with Gasteiger partial charge in [0.1, 0.15) is 5.75 Å². The van der Waals surface area contributed by atoms with Gasteiger partial charge in [-0.3, -0.25) is 0 Å². The minimum absolute atomic E-state index is 0.299. The van der Waals surface area contributed by atoms with Crippen LogP contribution < -0.4 is 14.8 Å². The fourth-order valence-electron chi connectivity index (χ4n) is 2.45. The molecule has 0 spiro atoms. The molecular weight excluding hydrogens is 332 g/mol. The van der Waals surface area contributed by atoms with E-state index in [1.54, 1.807) is 7.11 Å². The van der Waals surface area contributed by atoms with Crippen molar-refractivity contribution in [3.63, 3.8) is 0 Å². The van der Waals surface area contributed by atoms with E-state index in [2.05, 4.69) is 32.3 Å². The number of rotatable bonds is 4. The zero-order valence-corrected chi connectivity index (χ0v) is 13.4. The first kappa shape index (κ1) is 14.4. The van der Waals surface area contributed by atoms with Crippen LogP contribution in [-0.2, 0) is 6.54 Å². The molecule has 0 saturated heterocycles. The van der Waals surface area contributed by atoms with Crippen LogP contribution in [-0.4, -0.2) is 18.7 Å². The summed E-state index contributed by atoms with van der Waals surface area (Å²) < 4.78 is 11.8. The number of hydrogen-bond donors (Lipinski definition) is 1. The van der Waals surface area contributed by atoms with E-state index < -0.39 is 0 Å². The Labute approximate surface area is 132 Å². The lowest BCUT2D eigenvalue weighted by Crippen LogP contribution is -2.26. The van der Waals surface area contributed by atoms with Gasteiger partial charge in [0.05, 0.1) is 13.7 Å². The third kappa shape index (κ3) is 3.36. The number of nitrogens with one attached hydrogen (secondary N) is 1. The highest BCUT2D eigenvalue weighted by Crippen LogP contribution is 2.34. The van der Waals surface area contributed by atoms with Crippen LogP contribution in [0.15, 0.2) is 41.0 Å². The molecule has 0 saturated carbocycles. The molecule has 1 aromatic heterocycles. The van der Waals surface area contributed by atoms with Crippen molar-refractivity contribution >= 4 is 15.9 Å². The molecule has 1 aliphatic rings. The minimum Gasteiger partial charge on any atom is -0.493 e. The first-order valence-corrected chi connectivity index (χ1v) is 7.70. The van der Waals surface area contributed by atoms with E-state index >= 15 is 0 Å². The van der Waals surface area contributed by atoms with Gasteiger partial charge < -0.3 is 14.8 Å². The van der Waals surface area contributed by atoms with Gasteiger partial charge in [0.15, 0.2) is 0 Å². The number of hydrogen-bond acceptors (Lipinski definition) is 4. The van der Waals surface area contributed by atoms with Crippen LogP contribution in [0.1, 0.15) is 23.6 Å². The number of nitrogens with zero attached hydrogens (tertiary/aromatic N) is 1. The first-order chi connectivity index (χ1) is 10.3. The Morgan fingerprint density at radius 1 is 1.38 bits per heavy atom. The Balaban J connectivity index is 1.70. The number of benzene rings is 1.